The Morgan fingerprint density at radius 3 is 2.30 bits per heavy atom. The van der Waals surface area contributed by atoms with Crippen molar-refractivity contribution in [3.05, 3.63) is 0 Å². The van der Waals surface area contributed by atoms with Crippen molar-refractivity contribution in [1.82, 2.24) is 10.2 Å². The standard InChI is InChI=1S/C13H26N2O4S/c1-4-10(5-2)15(7-8-16)13(19)14-11(12(17)18)6-9-20-3/h10-11,16H,4-9H2,1-3H3,(H,14,19)(H,17,18). The van der Waals surface area contributed by atoms with Crippen LogP contribution in [-0.4, -0.2) is 64.4 Å². The van der Waals surface area contributed by atoms with Gasteiger partial charge in [0.15, 0.2) is 0 Å². The van der Waals surface area contributed by atoms with E-state index in [0.717, 1.165) is 12.8 Å². The lowest BCUT2D eigenvalue weighted by atomic mass is 10.1. The molecule has 0 saturated carbocycles. The maximum atomic E-state index is 12.2. The van der Waals surface area contributed by atoms with Crippen LogP contribution >= 0.6 is 11.8 Å². The minimum absolute atomic E-state index is 0.0112. The van der Waals surface area contributed by atoms with E-state index in [1.54, 1.807) is 11.8 Å². The predicted molar refractivity (Wildman–Crippen MR) is 81.1 cm³/mol. The van der Waals surface area contributed by atoms with Crippen LogP contribution in [0.15, 0.2) is 0 Å². The molecule has 0 aromatic carbocycles. The van der Waals surface area contributed by atoms with Crippen LogP contribution in [0.25, 0.3) is 0 Å². The third-order valence-corrected chi connectivity index (χ3v) is 3.84. The molecule has 20 heavy (non-hydrogen) atoms. The minimum atomic E-state index is -1.03. The molecule has 0 aromatic heterocycles. The molecule has 0 heterocycles. The summed E-state index contributed by atoms with van der Waals surface area (Å²) in [6, 6.07) is -1.29. The van der Waals surface area contributed by atoms with E-state index in [2.05, 4.69) is 5.32 Å². The highest BCUT2D eigenvalue weighted by molar-refractivity contribution is 7.98. The van der Waals surface area contributed by atoms with Gasteiger partial charge in [0.1, 0.15) is 6.04 Å². The first kappa shape index (κ1) is 19.1. The number of carboxylic acids is 1. The Hall–Kier alpha value is -0.950. The third-order valence-electron chi connectivity index (χ3n) is 3.19. The van der Waals surface area contributed by atoms with Crippen molar-refractivity contribution >= 4 is 23.8 Å². The quantitative estimate of drug-likeness (QED) is 0.567. The maximum absolute atomic E-state index is 12.2. The van der Waals surface area contributed by atoms with Gasteiger partial charge in [0.2, 0.25) is 0 Å². The van der Waals surface area contributed by atoms with Gasteiger partial charge in [-0.2, -0.15) is 11.8 Å². The van der Waals surface area contributed by atoms with Crippen LogP contribution < -0.4 is 5.32 Å². The van der Waals surface area contributed by atoms with Gasteiger partial charge in [0.05, 0.1) is 6.61 Å². The lowest BCUT2D eigenvalue weighted by Crippen LogP contribution is -2.52. The minimum Gasteiger partial charge on any atom is -0.480 e. The van der Waals surface area contributed by atoms with E-state index in [9.17, 15) is 9.59 Å². The molecule has 6 nitrogen and oxygen atoms in total. The van der Waals surface area contributed by atoms with Crippen molar-refractivity contribution in [3.63, 3.8) is 0 Å². The van der Waals surface area contributed by atoms with Crippen molar-refractivity contribution in [2.24, 2.45) is 0 Å². The Balaban J connectivity index is 4.73. The molecule has 0 aliphatic carbocycles. The largest absolute Gasteiger partial charge is 0.480 e. The summed E-state index contributed by atoms with van der Waals surface area (Å²) >= 11 is 1.54. The van der Waals surface area contributed by atoms with Crippen LogP contribution in [0.3, 0.4) is 0 Å². The number of nitrogens with one attached hydrogen (secondary N) is 1. The average molecular weight is 306 g/mol. The monoisotopic (exact) mass is 306 g/mol. The zero-order chi connectivity index (χ0) is 15.5. The highest BCUT2D eigenvalue weighted by atomic mass is 32.2. The molecule has 2 amide bonds. The smallest absolute Gasteiger partial charge is 0.326 e. The topological polar surface area (TPSA) is 89.9 Å². The van der Waals surface area contributed by atoms with Gasteiger partial charge in [-0.3, -0.25) is 0 Å². The summed E-state index contributed by atoms with van der Waals surface area (Å²) in [4.78, 5) is 24.9. The summed E-state index contributed by atoms with van der Waals surface area (Å²) in [7, 11) is 0. The molecule has 118 valence electrons. The van der Waals surface area contributed by atoms with Gasteiger partial charge in [-0.15, -0.1) is 0 Å². The Labute approximate surface area is 124 Å². The van der Waals surface area contributed by atoms with Gasteiger partial charge in [0.25, 0.3) is 0 Å². The molecule has 1 atom stereocenters. The molecule has 0 saturated heterocycles. The number of hydrogen-bond donors (Lipinski definition) is 3. The number of carbonyl (C=O) groups is 2. The average Bonchev–Trinajstić information content (AvgIpc) is 2.43. The predicted octanol–water partition coefficient (Wildman–Crippen LogP) is 1.39. The van der Waals surface area contributed by atoms with E-state index >= 15 is 0 Å². The summed E-state index contributed by atoms with van der Waals surface area (Å²) in [5.74, 6) is -0.358. The highest BCUT2D eigenvalue weighted by Crippen LogP contribution is 2.10. The Bertz CT molecular complexity index is 298. The van der Waals surface area contributed by atoms with E-state index in [1.807, 2.05) is 20.1 Å². The second-order valence-corrected chi connectivity index (χ2v) is 5.49. The summed E-state index contributed by atoms with van der Waals surface area (Å²) in [6.07, 6.45) is 3.82. The van der Waals surface area contributed by atoms with Crippen molar-refractivity contribution in [3.8, 4) is 0 Å². The van der Waals surface area contributed by atoms with Crippen LogP contribution in [0.5, 0.6) is 0 Å². The number of nitrogens with zero attached hydrogens (tertiary/aromatic N) is 1. The Kier molecular flexibility index (Phi) is 10.3. The van der Waals surface area contributed by atoms with Gasteiger partial charge in [0, 0.05) is 12.6 Å². The first-order valence-corrected chi connectivity index (χ1v) is 8.30. The van der Waals surface area contributed by atoms with Crippen LogP contribution in [0.2, 0.25) is 0 Å². The van der Waals surface area contributed by atoms with Crippen LogP contribution in [0.4, 0.5) is 4.79 Å². The molecule has 0 rings (SSSR count). The molecule has 0 aliphatic rings. The van der Waals surface area contributed by atoms with Gasteiger partial charge < -0.3 is 20.4 Å². The highest BCUT2D eigenvalue weighted by Gasteiger charge is 2.25. The number of urea groups is 1. The lowest BCUT2D eigenvalue weighted by Gasteiger charge is -2.31. The first-order valence-electron chi connectivity index (χ1n) is 6.91. The van der Waals surface area contributed by atoms with Crippen LogP contribution in [0.1, 0.15) is 33.1 Å². The summed E-state index contributed by atoms with van der Waals surface area (Å²) in [5, 5.41) is 20.7. The van der Waals surface area contributed by atoms with Gasteiger partial charge in [-0.1, -0.05) is 13.8 Å². The van der Waals surface area contributed by atoms with Crippen molar-refractivity contribution in [1.29, 1.82) is 0 Å². The molecule has 0 bridgehead atoms. The molecule has 3 N–H and O–H groups in total. The number of aliphatic carboxylic acids is 1. The lowest BCUT2D eigenvalue weighted by molar-refractivity contribution is -0.139. The molecular formula is C13H26N2O4S. The van der Waals surface area contributed by atoms with Gasteiger partial charge in [-0.05, 0) is 31.3 Å². The second-order valence-electron chi connectivity index (χ2n) is 4.51. The maximum Gasteiger partial charge on any atom is 0.326 e. The number of carboxylic acid groups (broad SMARTS) is 1. The molecule has 7 heteroatoms. The Morgan fingerprint density at radius 2 is 1.90 bits per heavy atom. The number of aliphatic hydroxyl groups excluding tert-OH is 1. The zero-order valence-corrected chi connectivity index (χ0v) is 13.3. The molecule has 1 unspecified atom stereocenters. The number of amides is 2. The van der Waals surface area contributed by atoms with E-state index in [0.29, 0.717) is 12.2 Å². The normalized spacial score (nSPS) is 12.2. The van der Waals surface area contributed by atoms with Crippen molar-refractivity contribution in [2.75, 3.05) is 25.2 Å². The molecule has 0 radical (unpaired) electrons. The number of rotatable bonds is 10. The second kappa shape index (κ2) is 10.8. The zero-order valence-electron chi connectivity index (χ0n) is 12.5. The third kappa shape index (κ3) is 6.47. The van der Waals surface area contributed by atoms with Crippen LogP contribution in [-0.2, 0) is 4.79 Å². The summed E-state index contributed by atoms with van der Waals surface area (Å²) in [5.41, 5.74) is 0. The SMILES string of the molecule is CCC(CC)N(CCO)C(=O)NC(CCSC)C(=O)O. The number of carbonyl (C=O) groups excluding carboxylic acids is 1. The van der Waals surface area contributed by atoms with Crippen LogP contribution in [0, 0.1) is 0 Å². The van der Waals surface area contributed by atoms with E-state index in [4.69, 9.17) is 10.2 Å². The summed E-state index contributed by atoms with van der Waals surface area (Å²) < 4.78 is 0. The fourth-order valence-corrected chi connectivity index (χ4v) is 2.48. The van der Waals surface area contributed by atoms with Crippen molar-refractivity contribution in [2.45, 2.75) is 45.2 Å². The molecule has 0 fully saturated rings. The van der Waals surface area contributed by atoms with Gasteiger partial charge in [-0.25, -0.2) is 9.59 Å². The Morgan fingerprint density at radius 1 is 1.30 bits per heavy atom. The first-order chi connectivity index (χ1) is 9.51. The number of aliphatic hydroxyl groups is 1. The van der Waals surface area contributed by atoms with E-state index in [-0.39, 0.29) is 19.2 Å². The molecule has 0 aromatic rings. The van der Waals surface area contributed by atoms with E-state index < -0.39 is 18.0 Å². The van der Waals surface area contributed by atoms with E-state index in [1.165, 1.54) is 4.90 Å². The van der Waals surface area contributed by atoms with Gasteiger partial charge >= 0.3 is 12.0 Å². The summed E-state index contributed by atoms with van der Waals surface area (Å²) in [6.45, 7) is 4.02. The molecule has 0 aliphatic heterocycles. The fourth-order valence-electron chi connectivity index (χ4n) is 2.01. The van der Waals surface area contributed by atoms with Crippen molar-refractivity contribution < 1.29 is 19.8 Å². The number of hydrogen-bond acceptors (Lipinski definition) is 4. The fraction of sp³-hybridized carbons (Fsp3) is 0.846. The number of thioether (sulfide) groups is 1. The molecular weight excluding hydrogens is 280 g/mol. The molecule has 0 spiro atoms.